The molecule has 0 saturated carbocycles. The van der Waals surface area contributed by atoms with Crippen molar-refractivity contribution >= 4 is 17.6 Å². The summed E-state index contributed by atoms with van der Waals surface area (Å²) in [6.45, 7) is 5.05. The Bertz CT molecular complexity index is 480. The van der Waals surface area contributed by atoms with Gasteiger partial charge in [0, 0.05) is 18.3 Å². The minimum Gasteiger partial charge on any atom is -0.340 e. The first-order valence-electron chi connectivity index (χ1n) is 7.10. The van der Waals surface area contributed by atoms with Crippen molar-refractivity contribution in [3.63, 3.8) is 0 Å². The molecule has 2 rings (SSSR count). The standard InChI is InChI=1S/C15H23N5/c1-11-6-8-13(9-7-11)18-14(16)19-15(17)20-10-4-3-5-12(20)2/h6-9,12H,3-5,10H2,1-2H3,(H4,16,17,18,19). The van der Waals surface area contributed by atoms with Gasteiger partial charge in [-0.05, 0) is 45.2 Å². The molecule has 0 amide bonds. The van der Waals surface area contributed by atoms with Crippen LogP contribution in [-0.4, -0.2) is 29.4 Å². The largest absolute Gasteiger partial charge is 0.340 e. The zero-order valence-electron chi connectivity index (χ0n) is 12.2. The van der Waals surface area contributed by atoms with Gasteiger partial charge in [-0.1, -0.05) is 17.7 Å². The first kappa shape index (κ1) is 14.4. The predicted octanol–water partition coefficient (Wildman–Crippen LogP) is 2.74. The summed E-state index contributed by atoms with van der Waals surface area (Å²) in [5.41, 5.74) is 2.04. The van der Waals surface area contributed by atoms with E-state index in [0.717, 1.165) is 25.1 Å². The van der Waals surface area contributed by atoms with E-state index in [4.69, 9.17) is 10.8 Å². The second kappa shape index (κ2) is 6.41. The predicted molar refractivity (Wildman–Crippen MR) is 83.4 cm³/mol. The fourth-order valence-electron chi connectivity index (χ4n) is 2.43. The van der Waals surface area contributed by atoms with Crippen molar-refractivity contribution in [3.05, 3.63) is 29.8 Å². The topological polar surface area (TPSA) is 75.0 Å². The van der Waals surface area contributed by atoms with Gasteiger partial charge in [-0.25, -0.2) is 0 Å². The SMILES string of the molecule is Cc1ccc(NC(=N)NC(=N)N2CCCCC2C)cc1. The molecule has 0 bridgehead atoms. The minimum absolute atomic E-state index is 0.136. The highest BCUT2D eigenvalue weighted by atomic mass is 15.3. The summed E-state index contributed by atoms with van der Waals surface area (Å²) in [6.07, 6.45) is 3.46. The quantitative estimate of drug-likeness (QED) is 0.469. The van der Waals surface area contributed by atoms with Crippen molar-refractivity contribution in [2.24, 2.45) is 0 Å². The fourth-order valence-corrected chi connectivity index (χ4v) is 2.43. The summed E-state index contributed by atoms with van der Waals surface area (Å²) >= 11 is 0. The monoisotopic (exact) mass is 273 g/mol. The van der Waals surface area contributed by atoms with Gasteiger partial charge in [-0.15, -0.1) is 0 Å². The highest BCUT2D eigenvalue weighted by Crippen LogP contribution is 2.15. The number of guanidine groups is 2. The van der Waals surface area contributed by atoms with Crippen LogP contribution in [0, 0.1) is 17.7 Å². The summed E-state index contributed by atoms with van der Waals surface area (Å²) in [6, 6.07) is 8.22. The lowest BCUT2D eigenvalue weighted by molar-refractivity contribution is 0.252. The van der Waals surface area contributed by atoms with Crippen LogP contribution in [0.1, 0.15) is 31.7 Å². The normalized spacial score (nSPS) is 18.5. The van der Waals surface area contributed by atoms with Crippen LogP contribution in [0.25, 0.3) is 0 Å². The number of benzene rings is 1. The molecule has 1 saturated heterocycles. The van der Waals surface area contributed by atoms with E-state index in [1.54, 1.807) is 0 Å². The maximum atomic E-state index is 8.08. The maximum absolute atomic E-state index is 8.08. The van der Waals surface area contributed by atoms with Crippen LogP contribution in [0.15, 0.2) is 24.3 Å². The second-order valence-electron chi connectivity index (χ2n) is 5.38. The molecular formula is C15H23N5. The summed E-state index contributed by atoms with van der Waals surface area (Å²) in [5, 5.41) is 21.8. The third kappa shape index (κ3) is 3.73. The average Bonchev–Trinajstić information content (AvgIpc) is 2.41. The Morgan fingerprint density at radius 2 is 1.90 bits per heavy atom. The number of rotatable bonds is 1. The van der Waals surface area contributed by atoms with Crippen molar-refractivity contribution in [2.75, 3.05) is 11.9 Å². The molecular weight excluding hydrogens is 250 g/mol. The molecule has 1 aliphatic heterocycles. The van der Waals surface area contributed by atoms with Gasteiger partial charge in [-0.2, -0.15) is 0 Å². The van der Waals surface area contributed by atoms with E-state index in [-0.39, 0.29) is 5.96 Å². The molecule has 1 aromatic rings. The number of anilines is 1. The summed E-state index contributed by atoms with van der Waals surface area (Å²) in [7, 11) is 0. The van der Waals surface area contributed by atoms with E-state index < -0.39 is 0 Å². The molecule has 5 nitrogen and oxygen atoms in total. The number of hydrogen-bond donors (Lipinski definition) is 4. The van der Waals surface area contributed by atoms with Crippen LogP contribution in [0.4, 0.5) is 5.69 Å². The molecule has 108 valence electrons. The molecule has 0 radical (unpaired) electrons. The van der Waals surface area contributed by atoms with E-state index in [1.807, 2.05) is 36.1 Å². The molecule has 5 heteroatoms. The second-order valence-corrected chi connectivity index (χ2v) is 5.38. The Hall–Kier alpha value is -2.04. The molecule has 4 N–H and O–H groups in total. The van der Waals surface area contributed by atoms with Gasteiger partial charge in [0.15, 0.2) is 11.9 Å². The molecule has 1 atom stereocenters. The van der Waals surface area contributed by atoms with Crippen LogP contribution in [0.5, 0.6) is 0 Å². The van der Waals surface area contributed by atoms with Crippen LogP contribution < -0.4 is 10.6 Å². The highest BCUT2D eigenvalue weighted by molar-refractivity contribution is 6.02. The first-order valence-corrected chi connectivity index (χ1v) is 7.10. The Morgan fingerprint density at radius 3 is 2.55 bits per heavy atom. The van der Waals surface area contributed by atoms with Crippen LogP contribution >= 0.6 is 0 Å². The molecule has 1 fully saturated rings. The van der Waals surface area contributed by atoms with Gasteiger partial charge < -0.3 is 10.2 Å². The van der Waals surface area contributed by atoms with Crippen molar-refractivity contribution < 1.29 is 0 Å². The number of nitrogens with zero attached hydrogens (tertiary/aromatic N) is 1. The summed E-state index contributed by atoms with van der Waals surface area (Å²) in [4.78, 5) is 2.02. The summed E-state index contributed by atoms with van der Waals surface area (Å²) in [5.74, 6) is 0.443. The van der Waals surface area contributed by atoms with Crippen LogP contribution in [0.3, 0.4) is 0 Å². The molecule has 1 aliphatic rings. The number of hydrogen-bond acceptors (Lipinski definition) is 2. The van der Waals surface area contributed by atoms with Crippen molar-refractivity contribution in [3.8, 4) is 0 Å². The van der Waals surface area contributed by atoms with Crippen molar-refractivity contribution in [1.29, 1.82) is 10.8 Å². The van der Waals surface area contributed by atoms with E-state index in [1.165, 1.54) is 12.0 Å². The molecule has 1 aromatic carbocycles. The third-order valence-electron chi connectivity index (χ3n) is 3.65. The van der Waals surface area contributed by atoms with Gasteiger partial charge >= 0.3 is 0 Å². The zero-order valence-corrected chi connectivity index (χ0v) is 12.2. The van der Waals surface area contributed by atoms with Crippen LogP contribution in [-0.2, 0) is 0 Å². The number of aryl methyl sites for hydroxylation is 1. The molecule has 0 spiro atoms. The Morgan fingerprint density at radius 1 is 1.20 bits per heavy atom. The van der Waals surface area contributed by atoms with Gasteiger partial charge in [0.1, 0.15) is 0 Å². The lowest BCUT2D eigenvalue weighted by Gasteiger charge is -2.35. The minimum atomic E-state index is 0.136. The van der Waals surface area contributed by atoms with E-state index >= 15 is 0 Å². The van der Waals surface area contributed by atoms with E-state index in [9.17, 15) is 0 Å². The Labute approximate surface area is 120 Å². The van der Waals surface area contributed by atoms with Crippen molar-refractivity contribution in [1.82, 2.24) is 10.2 Å². The highest BCUT2D eigenvalue weighted by Gasteiger charge is 2.21. The number of likely N-dealkylation sites (tertiary alicyclic amines) is 1. The smallest absolute Gasteiger partial charge is 0.199 e. The Kier molecular flexibility index (Phi) is 4.61. The molecule has 20 heavy (non-hydrogen) atoms. The molecule has 0 aliphatic carbocycles. The average molecular weight is 273 g/mol. The number of piperidine rings is 1. The van der Waals surface area contributed by atoms with E-state index in [0.29, 0.717) is 12.0 Å². The van der Waals surface area contributed by atoms with Crippen molar-refractivity contribution in [2.45, 2.75) is 39.2 Å². The molecule has 1 heterocycles. The molecule has 1 unspecified atom stereocenters. The van der Waals surface area contributed by atoms with Gasteiger partial charge in [0.2, 0.25) is 0 Å². The first-order chi connectivity index (χ1) is 9.56. The Balaban J connectivity index is 1.87. The number of nitrogens with one attached hydrogen (secondary N) is 4. The lowest BCUT2D eigenvalue weighted by atomic mass is 10.0. The van der Waals surface area contributed by atoms with Gasteiger partial charge in [0.05, 0.1) is 0 Å². The van der Waals surface area contributed by atoms with Gasteiger partial charge in [-0.3, -0.25) is 16.1 Å². The fraction of sp³-hybridized carbons (Fsp3) is 0.467. The molecule has 0 aromatic heterocycles. The summed E-state index contributed by atoms with van der Waals surface area (Å²) < 4.78 is 0. The van der Waals surface area contributed by atoms with Gasteiger partial charge in [0.25, 0.3) is 0 Å². The maximum Gasteiger partial charge on any atom is 0.199 e. The van der Waals surface area contributed by atoms with E-state index in [2.05, 4.69) is 17.6 Å². The van der Waals surface area contributed by atoms with Crippen LogP contribution in [0.2, 0.25) is 0 Å². The third-order valence-corrected chi connectivity index (χ3v) is 3.65. The lowest BCUT2D eigenvalue weighted by Crippen LogP contribution is -2.50. The zero-order chi connectivity index (χ0) is 14.5.